The second-order valence-corrected chi connectivity index (χ2v) is 6.48. The Morgan fingerprint density at radius 2 is 2.00 bits per heavy atom. The topological polar surface area (TPSA) is 76.4 Å². The highest BCUT2D eigenvalue weighted by Crippen LogP contribution is 2.38. The summed E-state index contributed by atoms with van der Waals surface area (Å²) in [6.07, 6.45) is 7.79. The summed E-state index contributed by atoms with van der Waals surface area (Å²) in [6, 6.07) is 7.46. The van der Waals surface area contributed by atoms with Gasteiger partial charge in [-0.3, -0.25) is 0 Å². The van der Waals surface area contributed by atoms with Crippen molar-refractivity contribution in [1.82, 2.24) is 10.3 Å². The van der Waals surface area contributed by atoms with Crippen molar-refractivity contribution in [2.45, 2.75) is 37.8 Å². The van der Waals surface area contributed by atoms with Crippen LogP contribution >= 0.6 is 0 Å². The molecule has 6 heteroatoms. The summed E-state index contributed by atoms with van der Waals surface area (Å²) < 4.78 is 11.0. The van der Waals surface area contributed by atoms with E-state index in [9.17, 15) is 4.79 Å². The van der Waals surface area contributed by atoms with E-state index < -0.39 is 0 Å². The maximum atomic E-state index is 12.2. The number of hydrogen-bond acceptors (Lipinski definition) is 4. The van der Waals surface area contributed by atoms with Crippen LogP contribution in [0.3, 0.4) is 0 Å². The highest BCUT2D eigenvalue weighted by Gasteiger charge is 2.36. The second kappa shape index (κ2) is 6.65. The molecular weight excluding hydrogens is 306 g/mol. The molecule has 4 rings (SSSR count). The normalized spacial score (nSPS) is 23.7. The van der Waals surface area contributed by atoms with Crippen LogP contribution < -0.4 is 10.6 Å². The fourth-order valence-corrected chi connectivity index (χ4v) is 3.17. The van der Waals surface area contributed by atoms with Crippen molar-refractivity contribution in [2.24, 2.45) is 5.92 Å². The third kappa shape index (κ3) is 3.59. The van der Waals surface area contributed by atoms with Crippen molar-refractivity contribution in [3.63, 3.8) is 0 Å². The summed E-state index contributed by atoms with van der Waals surface area (Å²) in [5.41, 5.74) is 1.62. The number of amides is 2. The van der Waals surface area contributed by atoms with Crippen molar-refractivity contribution >= 4 is 11.7 Å². The van der Waals surface area contributed by atoms with E-state index in [0.717, 1.165) is 30.7 Å². The van der Waals surface area contributed by atoms with E-state index in [0.29, 0.717) is 17.9 Å². The van der Waals surface area contributed by atoms with E-state index >= 15 is 0 Å². The van der Waals surface area contributed by atoms with Crippen LogP contribution in [0.15, 0.2) is 41.1 Å². The molecule has 2 heterocycles. The molecule has 1 aromatic carbocycles. The van der Waals surface area contributed by atoms with Crippen molar-refractivity contribution in [1.29, 1.82) is 0 Å². The molecule has 0 spiro atoms. The average Bonchev–Trinajstić information content (AvgIpc) is 3.31. The van der Waals surface area contributed by atoms with Crippen molar-refractivity contribution in [2.75, 3.05) is 11.9 Å². The summed E-state index contributed by atoms with van der Waals surface area (Å²) >= 11 is 0. The van der Waals surface area contributed by atoms with Crippen molar-refractivity contribution < 1.29 is 13.9 Å². The molecule has 1 aromatic heterocycles. The Morgan fingerprint density at radius 3 is 2.71 bits per heavy atom. The number of oxazole rings is 1. The Bertz CT molecular complexity index is 680. The fraction of sp³-hybridized carbons (Fsp3) is 0.444. The monoisotopic (exact) mass is 327 g/mol. The number of nitrogens with one attached hydrogen (secondary N) is 2. The van der Waals surface area contributed by atoms with Gasteiger partial charge in [-0.2, -0.15) is 0 Å². The molecule has 2 N–H and O–H groups in total. The number of benzene rings is 1. The maximum absolute atomic E-state index is 12.2. The van der Waals surface area contributed by atoms with Gasteiger partial charge in [0.05, 0.1) is 12.3 Å². The molecule has 1 saturated carbocycles. The summed E-state index contributed by atoms with van der Waals surface area (Å²) in [5, 5.41) is 5.94. The Labute approximate surface area is 140 Å². The van der Waals surface area contributed by atoms with Crippen LogP contribution in [0.4, 0.5) is 10.5 Å². The molecule has 0 radical (unpaired) electrons. The van der Waals surface area contributed by atoms with E-state index in [-0.39, 0.29) is 12.1 Å². The van der Waals surface area contributed by atoms with Crippen LogP contribution in [-0.4, -0.2) is 29.8 Å². The van der Waals surface area contributed by atoms with E-state index in [1.54, 1.807) is 6.20 Å². The third-order valence-electron chi connectivity index (χ3n) is 4.62. The highest BCUT2D eigenvalue weighted by molar-refractivity contribution is 5.89. The van der Waals surface area contributed by atoms with Gasteiger partial charge in [-0.05, 0) is 55.9 Å². The van der Waals surface area contributed by atoms with Gasteiger partial charge in [0.15, 0.2) is 0 Å². The maximum Gasteiger partial charge on any atom is 0.319 e. The first-order chi connectivity index (χ1) is 11.8. The minimum Gasteiger partial charge on any atom is -0.445 e. The van der Waals surface area contributed by atoms with Crippen molar-refractivity contribution in [3.05, 3.63) is 36.7 Å². The predicted octanol–water partition coefficient (Wildman–Crippen LogP) is 3.42. The quantitative estimate of drug-likeness (QED) is 0.902. The summed E-state index contributed by atoms with van der Waals surface area (Å²) in [6.45, 7) is 0.733. The number of carbonyl (C=O) groups excluding carboxylic acids is 1. The average molecular weight is 327 g/mol. The number of ether oxygens (including phenoxy) is 1. The van der Waals surface area contributed by atoms with Gasteiger partial charge in [0.1, 0.15) is 6.26 Å². The molecule has 2 aromatic rings. The fourth-order valence-electron chi connectivity index (χ4n) is 3.17. The van der Waals surface area contributed by atoms with Gasteiger partial charge in [-0.15, -0.1) is 0 Å². The second-order valence-electron chi connectivity index (χ2n) is 6.48. The largest absolute Gasteiger partial charge is 0.445 e. The minimum atomic E-state index is -0.166. The minimum absolute atomic E-state index is 0.166. The highest BCUT2D eigenvalue weighted by atomic mass is 16.5. The molecule has 0 unspecified atom stereocenters. The molecule has 24 heavy (non-hydrogen) atoms. The van der Waals surface area contributed by atoms with Gasteiger partial charge < -0.3 is 19.8 Å². The Balaban J connectivity index is 1.30. The van der Waals surface area contributed by atoms with Crippen LogP contribution in [0.1, 0.15) is 25.7 Å². The zero-order valence-electron chi connectivity index (χ0n) is 13.4. The molecule has 1 aliphatic heterocycles. The van der Waals surface area contributed by atoms with Gasteiger partial charge in [0, 0.05) is 23.9 Å². The van der Waals surface area contributed by atoms with Crippen molar-refractivity contribution in [3.8, 4) is 11.5 Å². The first-order valence-electron chi connectivity index (χ1n) is 8.47. The molecular formula is C18H21N3O3. The van der Waals surface area contributed by atoms with E-state index in [1.165, 1.54) is 19.1 Å². The zero-order chi connectivity index (χ0) is 16.4. The number of carbonyl (C=O) groups is 1. The van der Waals surface area contributed by atoms with Gasteiger partial charge in [0.2, 0.25) is 5.89 Å². The zero-order valence-corrected chi connectivity index (χ0v) is 13.4. The molecule has 2 amide bonds. The Kier molecular flexibility index (Phi) is 4.21. The first kappa shape index (κ1) is 15.2. The molecule has 126 valence electrons. The molecule has 1 aliphatic carbocycles. The van der Waals surface area contributed by atoms with Gasteiger partial charge >= 0.3 is 6.03 Å². The Hall–Kier alpha value is -2.34. The smallest absolute Gasteiger partial charge is 0.319 e. The molecule has 6 nitrogen and oxygen atoms in total. The summed E-state index contributed by atoms with van der Waals surface area (Å²) in [4.78, 5) is 16.3. The number of aromatic nitrogens is 1. The van der Waals surface area contributed by atoms with Crippen LogP contribution in [0.25, 0.3) is 11.5 Å². The molecule has 2 aliphatic rings. The molecule has 1 saturated heterocycles. The molecule has 0 bridgehead atoms. The van der Waals surface area contributed by atoms with Crippen LogP contribution in [-0.2, 0) is 4.74 Å². The number of urea groups is 1. The Morgan fingerprint density at radius 1 is 1.17 bits per heavy atom. The summed E-state index contributed by atoms with van der Waals surface area (Å²) in [5.74, 6) is 1.28. The lowest BCUT2D eigenvalue weighted by molar-refractivity contribution is -0.00889. The standard InChI is InChI=1S/C18H21N3O3/c22-18(21-15-7-9-23-16(11-15)12-1-2-12)20-14-5-3-13(4-6-14)17-19-8-10-24-17/h3-6,8,10,12,15-16H,1-2,7,9,11H2,(H2,20,21,22)/t15-,16-/m1/s1. The van der Waals surface area contributed by atoms with E-state index in [2.05, 4.69) is 15.6 Å². The number of hydrogen-bond donors (Lipinski definition) is 2. The van der Waals surface area contributed by atoms with Crippen LogP contribution in [0.2, 0.25) is 0 Å². The van der Waals surface area contributed by atoms with Gasteiger partial charge in [-0.25, -0.2) is 9.78 Å². The summed E-state index contributed by atoms with van der Waals surface area (Å²) in [7, 11) is 0. The van der Waals surface area contributed by atoms with Gasteiger partial charge in [-0.1, -0.05) is 0 Å². The predicted molar refractivity (Wildman–Crippen MR) is 89.6 cm³/mol. The van der Waals surface area contributed by atoms with E-state index in [4.69, 9.17) is 9.15 Å². The lowest BCUT2D eigenvalue weighted by Gasteiger charge is -2.30. The van der Waals surface area contributed by atoms with Crippen LogP contribution in [0.5, 0.6) is 0 Å². The van der Waals surface area contributed by atoms with E-state index in [1.807, 2.05) is 24.3 Å². The lowest BCUT2D eigenvalue weighted by atomic mass is 10.0. The first-order valence-corrected chi connectivity index (χ1v) is 8.47. The molecule has 2 atom stereocenters. The molecule has 2 fully saturated rings. The number of nitrogens with zero attached hydrogens (tertiary/aromatic N) is 1. The lowest BCUT2D eigenvalue weighted by Crippen LogP contribution is -2.44. The number of anilines is 1. The van der Waals surface area contributed by atoms with Crippen LogP contribution in [0, 0.1) is 5.92 Å². The third-order valence-corrected chi connectivity index (χ3v) is 4.62. The van der Waals surface area contributed by atoms with Gasteiger partial charge in [0.25, 0.3) is 0 Å². The number of rotatable bonds is 4. The SMILES string of the molecule is O=C(Nc1ccc(-c2ncco2)cc1)N[C@@H]1CCO[C@@H](C2CC2)C1.